The quantitative estimate of drug-likeness (QED) is 0.0306. The highest BCUT2D eigenvalue weighted by Crippen LogP contribution is 2.15. The van der Waals surface area contributed by atoms with E-state index in [1.807, 2.05) is 0 Å². The van der Waals surface area contributed by atoms with Crippen molar-refractivity contribution in [2.75, 3.05) is 39.4 Å². The summed E-state index contributed by atoms with van der Waals surface area (Å²) >= 11 is 0. The highest BCUT2D eigenvalue weighted by atomic mass is 35.5. The number of allylic oxidation sites excluding steroid dienone is 4. The first-order chi connectivity index (χ1) is 23.7. The van der Waals surface area contributed by atoms with E-state index in [-0.39, 0.29) is 25.0 Å². The van der Waals surface area contributed by atoms with Crippen LogP contribution in [0.25, 0.3) is 0 Å². The molecule has 288 valence electrons. The summed E-state index contributed by atoms with van der Waals surface area (Å²) in [6, 6.07) is 0. The van der Waals surface area contributed by atoms with E-state index in [0.717, 1.165) is 38.9 Å². The summed E-state index contributed by atoms with van der Waals surface area (Å²) in [6.07, 6.45) is 46.2. The average Bonchev–Trinajstić information content (AvgIpc) is 3.47. The van der Waals surface area contributed by atoms with Crippen LogP contribution in [0.4, 0.5) is 0 Å². The Labute approximate surface area is 311 Å². The molecule has 6 heteroatoms. The molecule has 49 heavy (non-hydrogen) atoms. The topological polar surface area (TPSA) is 52.8 Å². The number of hydrogen-bond donors (Lipinski definition) is 1. The van der Waals surface area contributed by atoms with Gasteiger partial charge in [0.15, 0.2) is 0 Å². The lowest BCUT2D eigenvalue weighted by molar-refractivity contribution is -0.521. The van der Waals surface area contributed by atoms with Crippen LogP contribution in [0, 0.1) is 0 Å². The van der Waals surface area contributed by atoms with Crippen LogP contribution in [-0.4, -0.2) is 65.8 Å². The summed E-state index contributed by atoms with van der Waals surface area (Å²) in [5.41, 5.74) is 0. The molecule has 0 unspecified atom stereocenters. The standard InChI is InChI=1S/C43H81N2O3.ClH/c1-3-5-7-9-11-13-15-17-19-21-22-24-26-28-30-32-34-42-44(38-40-46)36-37-45(42)39-41-48-43(47)35-33-31-29-27-25-23-20-18-16-14-12-10-8-6-4-2;/h17-20,46H,3-16,21-41H2,1-2H3;1H/q+1;/p-1/b19-17-,20-18-;. The van der Waals surface area contributed by atoms with E-state index in [1.165, 1.54) is 166 Å². The van der Waals surface area contributed by atoms with Gasteiger partial charge in [0.25, 0.3) is 0 Å². The predicted octanol–water partition coefficient (Wildman–Crippen LogP) is 8.72. The molecule has 0 saturated carbocycles. The number of esters is 1. The lowest BCUT2D eigenvalue weighted by Crippen LogP contribution is -3.00. The highest BCUT2D eigenvalue weighted by Gasteiger charge is 2.29. The molecule has 0 saturated heterocycles. The van der Waals surface area contributed by atoms with Crippen LogP contribution < -0.4 is 12.4 Å². The Bertz CT molecular complexity index is 813. The minimum Gasteiger partial charge on any atom is -1.00 e. The highest BCUT2D eigenvalue weighted by molar-refractivity contribution is 5.78. The lowest BCUT2D eigenvalue weighted by Gasteiger charge is -2.14. The van der Waals surface area contributed by atoms with Crippen LogP contribution in [0.5, 0.6) is 0 Å². The Morgan fingerprint density at radius 2 is 1.08 bits per heavy atom. The molecule has 0 bridgehead atoms. The Morgan fingerprint density at radius 3 is 1.55 bits per heavy atom. The maximum absolute atomic E-state index is 12.3. The second-order valence-corrected chi connectivity index (χ2v) is 14.4. The minimum absolute atomic E-state index is 0. The first kappa shape index (κ1) is 47.7. The third-order valence-corrected chi connectivity index (χ3v) is 9.92. The first-order valence-corrected chi connectivity index (χ1v) is 21.1. The molecule has 1 N–H and O–H groups in total. The van der Waals surface area contributed by atoms with Crippen LogP contribution in [-0.2, 0) is 9.53 Å². The summed E-state index contributed by atoms with van der Waals surface area (Å²) < 4.78 is 7.96. The van der Waals surface area contributed by atoms with Gasteiger partial charge in [-0.2, -0.15) is 0 Å². The van der Waals surface area contributed by atoms with Gasteiger partial charge in [0.2, 0.25) is 5.84 Å². The number of carbonyl (C=O) groups excluding carboxylic acids is 1. The van der Waals surface area contributed by atoms with Crippen molar-refractivity contribution in [3.05, 3.63) is 24.3 Å². The third kappa shape index (κ3) is 30.0. The molecule has 1 heterocycles. The number of halogens is 1. The normalized spacial score (nSPS) is 13.3. The van der Waals surface area contributed by atoms with Gasteiger partial charge in [0.1, 0.15) is 32.8 Å². The van der Waals surface area contributed by atoms with Crippen LogP contribution in [0.1, 0.15) is 200 Å². The number of rotatable bonds is 36. The third-order valence-electron chi connectivity index (χ3n) is 9.92. The molecule has 0 aromatic rings. The van der Waals surface area contributed by atoms with Gasteiger partial charge in [0, 0.05) is 12.8 Å². The fourth-order valence-electron chi connectivity index (χ4n) is 6.83. The Morgan fingerprint density at radius 1 is 0.653 bits per heavy atom. The number of amidine groups is 1. The molecule has 0 aromatic heterocycles. The maximum atomic E-state index is 12.3. The first-order valence-electron chi connectivity index (χ1n) is 21.1. The summed E-state index contributed by atoms with van der Waals surface area (Å²) in [5.74, 6) is 1.29. The van der Waals surface area contributed by atoms with E-state index in [2.05, 4.69) is 47.6 Å². The van der Waals surface area contributed by atoms with Crippen molar-refractivity contribution >= 4 is 11.8 Å². The number of nitrogens with zero attached hydrogens (tertiary/aromatic N) is 2. The second kappa shape index (κ2) is 37.9. The van der Waals surface area contributed by atoms with Crippen molar-refractivity contribution in [1.82, 2.24) is 4.90 Å². The average molecular weight is 710 g/mol. The van der Waals surface area contributed by atoms with Crippen LogP contribution in [0.2, 0.25) is 0 Å². The largest absolute Gasteiger partial charge is 1.00 e. The van der Waals surface area contributed by atoms with E-state index in [0.29, 0.717) is 19.6 Å². The van der Waals surface area contributed by atoms with Gasteiger partial charge in [-0.25, -0.2) is 0 Å². The van der Waals surface area contributed by atoms with Gasteiger partial charge < -0.3 is 22.3 Å². The van der Waals surface area contributed by atoms with Gasteiger partial charge in [0.05, 0.1) is 6.61 Å². The van der Waals surface area contributed by atoms with Gasteiger partial charge in [-0.15, -0.1) is 0 Å². The molecule has 0 aromatic carbocycles. The van der Waals surface area contributed by atoms with E-state index in [4.69, 9.17) is 4.74 Å². The Kier molecular flexibility index (Phi) is 36.9. The van der Waals surface area contributed by atoms with Gasteiger partial charge in [-0.1, -0.05) is 147 Å². The number of hydrogen-bond acceptors (Lipinski definition) is 4. The van der Waals surface area contributed by atoms with Crippen molar-refractivity contribution in [2.24, 2.45) is 0 Å². The van der Waals surface area contributed by atoms with Gasteiger partial charge >= 0.3 is 5.97 Å². The molecule has 5 nitrogen and oxygen atoms in total. The van der Waals surface area contributed by atoms with Gasteiger partial charge in [-0.05, 0) is 64.2 Å². The fourth-order valence-corrected chi connectivity index (χ4v) is 6.83. The summed E-state index contributed by atoms with van der Waals surface area (Å²) in [6.45, 7) is 8.61. The van der Waals surface area contributed by atoms with Crippen LogP contribution >= 0.6 is 0 Å². The molecule has 0 amide bonds. The zero-order valence-electron chi connectivity index (χ0n) is 32.6. The van der Waals surface area contributed by atoms with E-state index in [9.17, 15) is 9.90 Å². The van der Waals surface area contributed by atoms with Crippen molar-refractivity contribution in [1.29, 1.82) is 0 Å². The smallest absolute Gasteiger partial charge is 0.305 e. The number of ether oxygens (including phenoxy) is 1. The zero-order valence-corrected chi connectivity index (χ0v) is 33.4. The zero-order chi connectivity index (χ0) is 34.6. The fraction of sp³-hybridized carbons (Fsp3) is 0.860. The minimum atomic E-state index is -0.0473. The molecule has 0 atom stereocenters. The molecular formula is C43H81ClN2O3. The summed E-state index contributed by atoms with van der Waals surface area (Å²) in [7, 11) is 0. The molecule has 1 aliphatic rings. The maximum Gasteiger partial charge on any atom is 0.305 e. The summed E-state index contributed by atoms with van der Waals surface area (Å²) in [4.78, 5) is 14.7. The van der Waals surface area contributed by atoms with E-state index < -0.39 is 0 Å². The SMILES string of the molecule is CCCCCCCC/C=C\CCCCCCCCC1=[N+](CCO)CCN1CCOC(=O)CCCCCCC/C=C\CCCCCCCC.[Cl-]. The van der Waals surface area contributed by atoms with Gasteiger partial charge in [-0.3, -0.25) is 14.3 Å². The molecule has 1 rings (SSSR count). The molecule has 1 aliphatic heterocycles. The van der Waals surface area contributed by atoms with Crippen molar-refractivity contribution in [3.63, 3.8) is 0 Å². The van der Waals surface area contributed by atoms with Crippen molar-refractivity contribution < 1.29 is 31.6 Å². The molecular weight excluding hydrogens is 628 g/mol. The monoisotopic (exact) mass is 709 g/mol. The Hall–Kier alpha value is -1.33. The molecule has 0 fully saturated rings. The number of aliphatic hydroxyl groups is 1. The van der Waals surface area contributed by atoms with Crippen molar-refractivity contribution in [2.45, 2.75) is 200 Å². The number of β-amino-alcohol motifs (C(OH)–C–C–N with tert-alkyl or cyclic N) is 1. The predicted molar refractivity (Wildman–Crippen MR) is 208 cm³/mol. The Balaban J connectivity index is 0.0000230. The van der Waals surface area contributed by atoms with E-state index in [1.54, 1.807) is 0 Å². The molecule has 0 spiro atoms. The second-order valence-electron chi connectivity index (χ2n) is 14.4. The summed E-state index contributed by atoms with van der Waals surface area (Å²) in [5, 5.41) is 9.57. The van der Waals surface area contributed by atoms with E-state index >= 15 is 0 Å². The number of aliphatic hydroxyl groups excluding tert-OH is 1. The number of unbranched alkanes of at least 4 members (excludes halogenated alkanes) is 23. The van der Waals surface area contributed by atoms with Crippen LogP contribution in [0.3, 0.4) is 0 Å². The van der Waals surface area contributed by atoms with Crippen LogP contribution in [0.15, 0.2) is 24.3 Å². The molecule has 0 radical (unpaired) electrons. The number of carbonyl (C=O) groups is 1. The lowest BCUT2D eigenvalue weighted by atomic mass is 10.1. The van der Waals surface area contributed by atoms with Crippen molar-refractivity contribution in [3.8, 4) is 0 Å². The molecule has 0 aliphatic carbocycles.